The van der Waals surface area contributed by atoms with Gasteiger partial charge in [-0.3, -0.25) is 8.98 Å². The Kier molecular flexibility index (Phi) is 5.16. The van der Waals surface area contributed by atoms with Crippen molar-refractivity contribution < 1.29 is 17.4 Å². The third-order valence-corrected chi connectivity index (χ3v) is 4.06. The Bertz CT molecular complexity index is 391. The Balaban J connectivity index is 2.48. The third kappa shape index (κ3) is 4.94. The van der Waals surface area contributed by atoms with Gasteiger partial charge >= 0.3 is 0 Å². The summed E-state index contributed by atoms with van der Waals surface area (Å²) >= 11 is 0. The van der Waals surface area contributed by atoms with E-state index in [0.29, 0.717) is 18.8 Å². The van der Waals surface area contributed by atoms with Crippen LogP contribution in [0.4, 0.5) is 0 Å². The van der Waals surface area contributed by atoms with Crippen molar-refractivity contribution in [1.82, 2.24) is 4.90 Å². The van der Waals surface area contributed by atoms with E-state index in [4.69, 9.17) is 4.18 Å². The third-order valence-electron chi connectivity index (χ3n) is 3.46. The fraction of sp³-hybridized carbons (Fsp3) is 0.917. The molecule has 3 atom stereocenters. The van der Waals surface area contributed by atoms with Crippen LogP contribution in [0, 0.1) is 11.8 Å². The highest BCUT2D eigenvalue weighted by molar-refractivity contribution is 7.86. The first kappa shape index (κ1) is 15.4. The van der Waals surface area contributed by atoms with Gasteiger partial charge in [-0.25, -0.2) is 0 Å². The average Bonchev–Trinajstić information content (AvgIpc) is 2.20. The van der Waals surface area contributed by atoms with Crippen LogP contribution in [-0.2, 0) is 19.1 Å². The van der Waals surface area contributed by atoms with Crippen LogP contribution < -0.4 is 0 Å². The van der Waals surface area contributed by atoms with E-state index in [1.807, 2.05) is 6.92 Å². The van der Waals surface area contributed by atoms with Crippen LogP contribution in [0.15, 0.2) is 0 Å². The lowest BCUT2D eigenvalue weighted by atomic mass is 9.79. The number of carbonyl (C=O) groups is 1. The standard InChI is InChI=1S/C12H23NO4S/c1-9-7-10(8-12(14)13(2)3)5-6-11(9)17-18(4,15)16/h9-11H,5-8H2,1-4H3/t9-,10+,11-/m1/s1. The highest BCUT2D eigenvalue weighted by atomic mass is 32.2. The Morgan fingerprint density at radius 1 is 1.33 bits per heavy atom. The molecule has 1 aliphatic rings. The van der Waals surface area contributed by atoms with Crippen LogP contribution in [0.1, 0.15) is 32.6 Å². The molecule has 5 nitrogen and oxygen atoms in total. The Morgan fingerprint density at radius 3 is 2.39 bits per heavy atom. The maximum Gasteiger partial charge on any atom is 0.264 e. The molecule has 0 N–H and O–H groups in total. The molecule has 0 radical (unpaired) electrons. The molecule has 1 fully saturated rings. The second-order valence-corrected chi connectivity index (χ2v) is 7.09. The Labute approximate surface area is 110 Å². The predicted molar refractivity (Wildman–Crippen MR) is 69.5 cm³/mol. The maximum atomic E-state index is 11.6. The smallest absolute Gasteiger partial charge is 0.264 e. The minimum atomic E-state index is -3.39. The molecule has 1 saturated carbocycles. The number of amides is 1. The molecule has 0 aliphatic heterocycles. The second-order valence-electron chi connectivity index (χ2n) is 5.49. The van der Waals surface area contributed by atoms with Gasteiger partial charge in [0, 0.05) is 20.5 Å². The molecule has 6 heteroatoms. The molecule has 1 rings (SSSR count). The van der Waals surface area contributed by atoms with Gasteiger partial charge in [0.25, 0.3) is 10.1 Å². The molecule has 0 aromatic carbocycles. The summed E-state index contributed by atoms with van der Waals surface area (Å²) < 4.78 is 27.3. The van der Waals surface area contributed by atoms with Crippen molar-refractivity contribution in [2.24, 2.45) is 11.8 Å². The molecule has 0 spiro atoms. The van der Waals surface area contributed by atoms with Gasteiger partial charge in [0.1, 0.15) is 0 Å². The summed E-state index contributed by atoms with van der Waals surface area (Å²) in [6, 6.07) is 0. The van der Waals surface area contributed by atoms with Crippen LogP contribution in [0.5, 0.6) is 0 Å². The first-order valence-electron chi connectivity index (χ1n) is 6.27. The molecule has 0 saturated heterocycles. The number of hydrogen-bond acceptors (Lipinski definition) is 4. The van der Waals surface area contributed by atoms with Crippen molar-refractivity contribution in [2.45, 2.75) is 38.7 Å². The lowest BCUT2D eigenvalue weighted by Gasteiger charge is -2.33. The lowest BCUT2D eigenvalue weighted by Crippen LogP contribution is -2.33. The van der Waals surface area contributed by atoms with Crippen LogP contribution in [0.25, 0.3) is 0 Å². The summed E-state index contributed by atoms with van der Waals surface area (Å²) in [6.07, 6.45) is 3.80. The van der Waals surface area contributed by atoms with Gasteiger partial charge in [-0.2, -0.15) is 8.42 Å². The van der Waals surface area contributed by atoms with Crippen LogP contribution in [0.3, 0.4) is 0 Å². The second kappa shape index (κ2) is 6.02. The zero-order valence-electron chi connectivity index (χ0n) is 11.5. The summed E-state index contributed by atoms with van der Waals surface area (Å²) in [7, 11) is 0.122. The summed E-state index contributed by atoms with van der Waals surface area (Å²) in [6.45, 7) is 1.99. The highest BCUT2D eigenvalue weighted by Crippen LogP contribution is 2.33. The fourth-order valence-corrected chi connectivity index (χ4v) is 3.20. The lowest BCUT2D eigenvalue weighted by molar-refractivity contribution is -0.130. The molecule has 0 aromatic rings. The van der Waals surface area contributed by atoms with E-state index < -0.39 is 10.1 Å². The summed E-state index contributed by atoms with van der Waals surface area (Å²) in [4.78, 5) is 13.2. The van der Waals surface area contributed by atoms with Crippen molar-refractivity contribution >= 4 is 16.0 Å². The van der Waals surface area contributed by atoms with Crippen LogP contribution in [0.2, 0.25) is 0 Å². The van der Waals surface area contributed by atoms with Gasteiger partial charge in [-0.15, -0.1) is 0 Å². The SMILES string of the molecule is C[C@@H]1C[C@@H](CC(=O)N(C)C)CC[C@H]1OS(C)(=O)=O. The van der Waals surface area contributed by atoms with Gasteiger partial charge in [-0.05, 0) is 31.1 Å². The maximum absolute atomic E-state index is 11.6. The molecule has 0 aromatic heterocycles. The van der Waals surface area contributed by atoms with E-state index in [-0.39, 0.29) is 17.9 Å². The largest absolute Gasteiger partial charge is 0.349 e. The van der Waals surface area contributed by atoms with Crippen molar-refractivity contribution in [3.8, 4) is 0 Å². The first-order chi connectivity index (χ1) is 8.19. The minimum Gasteiger partial charge on any atom is -0.349 e. The molecule has 0 bridgehead atoms. The molecular formula is C12H23NO4S. The molecule has 1 aliphatic carbocycles. The number of carbonyl (C=O) groups excluding carboxylic acids is 1. The van der Waals surface area contributed by atoms with E-state index in [9.17, 15) is 13.2 Å². The number of hydrogen-bond donors (Lipinski definition) is 0. The zero-order valence-corrected chi connectivity index (χ0v) is 12.4. The van der Waals surface area contributed by atoms with Crippen LogP contribution in [-0.4, -0.2) is 45.7 Å². The molecule has 106 valence electrons. The first-order valence-corrected chi connectivity index (χ1v) is 8.09. The van der Waals surface area contributed by atoms with Crippen molar-refractivity contribution in [1.29, 1.82) is 0 Å². The van der Waals surface area contributed by atoms with E-state index in [1.54, 1.807) is 19.0 Å². The molecule has 1 amide bonds. The molecule has 0 heterocycles. The molecular weight excluding hydrogens is 254 g/mol. The summed E-state index contributed by atoms with van der Waals surface area (Å²) in [5.41, 5.74) is 0. The minimum absolute atomic E-state index is 0.134. The zero-order chi connectivity index (χ0) is 13.9. The topological polar surface area (TPSA) is 63.7 Å². The quantitative estimate of drug-likeness (QED) is 0.725. The van der Waals surface area contributed by atoms with Crippen molar-refractivity contribution in [2.75, 3.05) is 20.4 Å². The van der Waals surface area contributed by atoms with E-state index in [2.05, 4.69) is 0 Å². The average molecular weight is 277 g/mol. The molecule has 18 heavy (non-hydrogen) atoms. The van der Waals surface area contributed by atoms with Gasteiger partial charge in [0.05, 0.1) is 12.4 Å². The summed E-state index contributed by atoms with van der Waals surface area (Å²) in [5.74, 6) is 0.650. The normalized spacial score (nSPS) is 29.0. The highest BCUT2D eigenvalue weighted by Gasteiger charge is 2.31. The number of nitrogens with zero attached hydrogens (tertiary/aromatic N) is 1. The summed E-state index contributed by atoms with van der Waals surface area (Å²) in [5, 5.41) is 0. The van der Waals surface area contributed by atoms with Crippen LogP contribution >= 0.6 is 0 Å². The van der Waals surface area contributed by atoms with E-state index in [1.165, 1.54) is 0 Å². The van der Waals surface area contributed by atoms with E-state index in [0.717, 1.165) is 19.1 Å². The Morgan fingerprint density at radius 2 is 1.94 bits per heavy atom. The Hall–Kier alpha value is -0.620. The monoisotopic (exact) mass is 277 g/mol. The van der Waals surface area contributed by atoms with Crippen molar-refractivity contribution in [3.05, 3.63) is 0 Å². The van der Waals surface area contributed by atoms with Crippen molar-refractivity contribution in [3.63, 3.8) is 0 Å². The van der Waals surface area contributed by atoms with Gasteiger partial charge < -0.3 is 4.90 Å². The van der Waals surface area contributed by atoms with Gasteiger partial charge in [-0.1, -0.05) is 6.92 Å². The fourth-order valence-electron chi connectivity index (χ4n) is 2.46. The number of rotatable bonds is 4. The van der Waals surface area contributed by atoms with Gasteiger partial charge in [0.2, 0.25) is 5.91 Å². The predicted octanol–water partition coefficient (Wildman–Crippen LogP) is 1.25. The molecule has 0 unspecified atom stereocenters. The van der Waals surface area contributed by atoms with Gasteiger partial charge in [0.15, 0.2) is 0 Å². The van der Waals surface area contributed by atoms with E-state index >= 15 is 0 Å².